The molecule has 0 spiro atoms. The van der Waals surface area contributed by atoms with Crippen molar-refractivity contribution in [2.24, 2.45) is 4.99 Å². The number of anilines is 1. The van der Waals surface area contributed by atoms with Crippen LogP contribution < -0.4 is 10.6 Å². The molecule has 24 heavy (non-hydrogen) atoms. The fourth-order valence-electron chi connectivity index (χ4n) is 2.04. The predicted molar refractivity (Wildman–Crippen MR) is 87.9 cm³/mol. The summed E-state index contributed by atoms with van der Waals surface area (Å²) in [6, 6.07) is 2.72. The van der Waals surface area contributed by atoms with Gasteiger partial charge in [-0.3, -0.25) is 14.6 Å². The Bertz CT molecular complexity index is 669. The zero-order valence-electron chi connectivity index (χ0n) is 13.1. The fraction of sp³-hybridized carbons (Fsp3) is 0.400. The van der Waals surface area contributed by atoms with Crippen molar-refractivity contribution in [2.75, 3.05) is 19.0 Å². The highest BCUT2D eigenvalue weighted by atomic mass is 32.2. The molecule has 0 aromatic heterocycles. The summed E-state index contributed by atoms with van der Waals surface area (Å²) in [5.74, 6) is -2.48. The van der Waals surface area contributed by atoms with Crippen LogP contribution in [0.1, 0.15) is 13.3 Å². The molecule has 1 heterocycles. The van der Waals surface area contributed by atoms with E-state index in [9.17, 15) is 18.4 Å². The summed E-state index contributed by atoms with van der Waals surface area (Å²) in [4.78, 5) is 28.1. The van der Waals surface area contributed by atoms with Gasteiger partial charge < -0.3 is 15.4 Å². The number of methoxy groups -OCH3 is 1. The van der Waals surface area contributed by atoms with E-state index in [0.717, 1.165) is 23.9 Å². The number of halogens is 2. The Morgan fingerprint density at radius 3 is 2.92 bits per heavy atom. The maximum atomic E-state index is 13.5. The molecule has 0 aliphatic carbocycles. The molecule has 2 atom stereocenters. The molecule has 2 amide bonds. The summed E-state index contributed by atoms with van der Waals surface area (Å²) in [7, 11) is 1.55. The van der Waals surface area contributed by atoms with Crippen LogP contribution in [0, 0.1) is 11.6 Å². The van der Waals surface area contributed by atoms with E-state index in [1.165, 1.54) is 0 Å². The van der Waals surface area contributed by atoms with Gasteiger partial charge >= 0.3 is 0 Å². The quantitative estimate of drug-likeness (QED) is 0.815. The Kier molecular flexibility index (Phi) is 6.27. The van der Waals surface area contributed by atoms with Crippen molar-refractivity contribution in [1.82, 2.24) is 5.32 Å². The van der Waals surface area contributed by atoms with Crippen molar-refractivity contribution in [3.63, 3.8) is 0 Å². The van der Waals surface area contributed by atoms with Gasteiger partial charge in [0.25, 0.3) is 0 Å². The van der Waals surface area contributed by atoms with Crippen molar-refractivity contribution >= 4 is 34.4 Å². The zero-order chi connectivity index (χ0) is 17.7. The third-order valence-corrected chi connectivity index (χ3v) is 4.19. The molecule has 130 valence electrons. The molecule has 1 aliphatic rings. The second kappa shape index (κ2) is 8.20. The van der Waals surface area contributed by atoms with Crippen molar-refractivity contribution in [3.05, 3.63) is 29.8 Å². The standard InChI is InChI=1S/C15H17F2N3O3S/c1-8(7-23-2)18-15-20-14(22)12(24-15)6-13(21)19-11-4-3-9(16)5-10(11)17/h3-5,8,12H,6-7H2,1-2H3,(H,19,21)(H,18,20,22)/t8-,12-/m0/s1. The first-order chi connectivity index (χ1) is 11.4. The minimum absolute atomic E-state index is 0.126. The normalized spacial score (nSPS) is 20.1. The van der Waals surface area contributed by atoms with Crippen LogP contribution in [0.25, 0.3) is 0 Å². The van der Waals surface area contributed by atoms with Gasteiger partial charge in [-0.2, -0.15) is 0 Å². The maximum absolute atomic E-state index is 13.5. The maximum Gasteiger partial charge on any atom is 0.240 e. The fourth-order valence-corrected chi connectivity index (χ4v) is 3.11. The minimum atomic E-state index is -0.873. The lowest BCUT2D eigenvalue weighted by molar-refractivity contribution is -0.122. The first kappa shape index (κ1) is 18.3. The van der Waals surface area contributed by atoms with Crippen LogP contribution in [-0.2, 0) is 14.3 Å². The molecular weight excluding hydrogens is 340 g/mol. The topological polar surface area (TPSA) is 79.8 Å². The van der Waals surface area contributed by atoms with Crippen LogP contribution in [0.2, 0.25) is 0 Å². The highest BCUT2D eigenvalue weighted by Gasteiger charge is 2.32. The van der Waals surface area contributed by atoms with Crippen molar-refractivity contribution < 1.29 is 23.1 Å². The average Bonchev–Trinajstić information content (AvgIpc) is 2.81. The molecule has 2 rings (SSSR count). The van der Waals surface area contributed by atoms with Gasteiger partial charge in [0.05, 0.1) is 18.3 Å². The van der Waals surface area contributed by atoms with E-state index in [4.69, 9.17) is 4.74 Å². The predicted octanol–water partition coefficient (Wildman–Crippen LogP) is 1.92. The molecule has 0 saturated carbocycles. The number of rotatable bonds is 6. The third kappa shape index (κ3) is 5.00. The van der Waals surface area contributed by atoms with E-state index in [2.05, 4.69) is 15.6 Å². The third-order valence-electron chi connectivity index (χ3n) is 3.10. The number of hydrogen-bond donors (Lipinski definition) is 2. The van der Waals surface area contributed by atoms with Crippen molar-refractivity contribution in [2.45, 2.75) is 24.6 Å². The van der Waals surface area contributed by atoms with Crippen LogP contribution in [0.3, 0.4) is 0 Å². The lowest BCUT2D eigenvalue weighted by Crippen LogP contribution is -2.28. The molecule has 1 aromatic carbocycles. The number of nitrogens with one attached hydrogen (secondary N) is 2. The second-order valence-electron chi connectivity index (χ2n) is 5.21. The number of benzene rings is 1. The number of carbonyl (C=O) groups excluding carboxylic acids is 2. The van der Waals surface area contributed by atoms with Crippen LogP contribution in [-0.4, -0.2) is 42.0 Å². The number of aliphatic imine (C=N–C) groups is 1. The molecule has 0 unspecified atom stereocenters. The number of hydrogen-bond acceptors (Lipinski definition) is 5. The first-order valence-corrected chi connectivity index (χ1v) is 8.06. The highest BCUT2D eigenvalue weighted by Crippen LogP contribution is 2.24. The average molecular weight is 357 g/mol. The largest absolute Gasteiger partial charge is 0.382 e. The summed E-state index contributed by atoms with van der Waals surface area (Å²) in [6.07, 6.45) is -0.148. The smallest absolute Gasteiger partial charge is 0.240 e. The summed E-state index contributed by atoms with van der Waals surface area (Å²) in [6.45, 7) is 2.25. The van der Waals surface area contributed by atoms with Gasteiger partial charge in [-0.15, -0.1) is 0 Å². The van der Waals surface area contributed by atoms with E-state index in [1.807, 2.05) is 6.92 Å². The summed E-state index contributed by atoms with van der Waals surface area (Å²) >= 11 is 1.14. The molecule has 9 heteroatoms. The molecular formula is C15H17F2N3O3S. The Balaban J connectivity index is 1.93. The molecule has 0 radical (unpaired) electrons. The van der Waals surface area contributed by atoms with Crippen molar-refractivity contribution in [1.29, 1.82) is 0 Å². The summed E-state index contributed by atoms with van der Waals surface area (Å²) < 4.78 is 31.3. The van der Waals surface area contributed by atoms with Crippen LogP contribution >= 0.6 is 11.8 Å². The van der Waals surface area contributed by atoms with Crippen LogP contribution in [0.5, 0.6) is 0 Å². The van der Waals surface area contributed by atoms with Gasteiger partial charge in [-0.25, -0.2) is 8.78 Å². The second-order valence-corrected chi connectivity index (χ2v) is 6.40. The molecule has 0 bridgehead atoms. The Hall–Kier alpha value is -2.00. The first-order valence-electron chi connectivity index (χ1n) is 7.18. The minimum Gasteiger partial charge on any atom is -0.382 e. The van der Waals surface area contributed by atoms with Gasteiger partial charge in [0.15, 0.2) is 5.17 Å². The molecule has 2 N–H and O–H groups in total. The zero-order valence-corrected chi connectivity index (χ0v) is 14.0. The molecule has 1 saturated heterocycles. The van der Waals surface area contributed by atoms with E-state index in [1.54, 1.807) is 7.11 Å². The van der Waals surface area contributed by atoms with E-state index < -0.39 is 22.8 Å². The SMILES string of the molecule is COC[C@H](C)N=C1NC(=O)[C@H](CC(=O)Nc2ccc(F)cc2F)S1. The Morgan fingerprint density at radius 2 is 2.25 bits per heavy atom. The van der Waals surface area contributed by atoms with Gasteiger partial charge in [0, 0.05) is 19.6 Å². The summed E-state index contributed by atoms with van der Waals surface area (Å²) in [5.41, 5.74) is -0.132. The van der Waals surface area contributed by atoms with Gasteiger partial charge in [-0.1, -0.05) is 11.8 Å². The summed E-state index contributed by atoms with van der Waals surface area (Å²) in [5, 5.41) is 4.70. The van der Waals surface area contributed by atoms with Gasteiger partial charge in [-0.05, 0) is 19.1 Å². The number of ether oxygens (including phenoxy) is 1. The molecule has 6 nitrogen and oxygen atoms in total. The van der Waals surface area contributed by atoms with E-state index >= 15 is 0 Å². The van der Waals surface area contributed by atoms with E-state index in [-0.39, 0.29) is 24.1 Å². The lowest BCUT2D eigenvalue weighted by atomic mass is 10.2. The number of nitrogens with zero attached hydrogens (tertiary/aromatic N) is 1. The van der Waals surface area contributed by atoms with Crippen LogP contribution in [0.4, 0.5) is 14.5 Å². The van der Waals surface area contributed by atoms with E-state index in [0.29, 0.717) is 17.8 Å². The number of carbonyl (C=O) groups is 2. The molecule has 1 fully saturated rings. The van der Waals surface area contributed by atoms with Gasteiger partial charge in [0.2, 0.25) is 11.8 Å². The number of thioether (sulfide) groups is 1. The van der Waals surface area contributed by atoms with Crippen molar-refractivity contribution in [3.8, 4) is 0 Å². The molecule has 1 aliphatic heterocycles. The number of amides is 2. The Morgan fingerprint density at radius 1 is 1.50 bits per heavy atom. The monoisotopic (exact) mass is 357 g/mol. The lowest BCUT2D eigenvalue weighted by Gasteiger charge is -2.08. The van der Waals surface area contributed by atoms with Crippen LogP contribution in [0.15, 0.2) is 23.2 Å². The molecule has 1 aromatic rings. The Labute approximate surface area is 142 Å². The highest BCUT2D eigenvalue weighted by molar-refractivity contribution is 8.15. The van der Waals surface area contributed by atoms with Gasteiger partial charge in [0.1, 0.15) is 16.9 Å². The number of amidine groups is 1.